The van der Waals surface area contributed by atoms with Crippen LogP contribution in [0.2, 0.25) is 0 Å². The molecular formula is C20H17N3OS3. The largest absolute Gasteiger partial charge is 0.316 e. The van der Waals surface area contributed by atoms with Crippen LogP contribution in [0.1, 0.15) is 16.7 Å². The Morgan fingerprint density at radius 2 is 1.56 bits per heavy atom. The highest BCUT2D eigenvalue weighted by Gasteiger charge is 2.15. The average Bonchev–Trinajstić information content (AvgIpc) is 2.95. The van der Waals surface area contributed by atoms with Gasteiger partial charge in [0, 0.05) is 5.69 Å². The lowest BCUT2D eigenvalue weighted by atomic mass is 10.1. The molecule has 0 spiro atoms. The number of hydrogen-bond acceptors (Lipinski definition) is 4. The number of aromatic nitrogens is 3. The van der Waals surface area contributed by atoms with Gasteiger partial charge in [0.15, 0.2) is 8.73 Å². The molecule has 136 valence electrons. The number of fused-ring (bicyclic) bond motifs is 1. The fourth-order valence-electron chi connectivity index (χ4n) is 3.01. The van der Waals surface area contributed by atoms with Gasteiger partial charge in [0.05, 0.1) is 5.69 Å². The van der Waals surface area contributed by atoms with E-state index in [1.54, 1.807) is 0 Å². The van der Waals surface area contributed by atoms with E-state index in [2.05, 4.69) is 31.0 Å². The van der Waals surface area contributed by atoms with Crippen molar-refractivity contribution in [1.29, 1.82) is 0 Å². The summed E-state index contributed by atoms with van der Waals surface area (Å²) in [6, 6.07) is 13.8. The molecule has 1 N–H and O–H groups in total. The van der Waals surface area contributed by atoms with Crippen molar-refractivity contribution in [1.82, 2.24) is 14.1 Å². The maximum Gasteiger partial charge on any atom is 0.278 e. The summed E-state index contributed by atoms with van der Waals surface area (Å²) in [7, 11) is 0. The Labute approximate surface area is 170 Å². The summed E-state index contributed by atoms with van der Waals surface area (Å²) in [6.45, 7) is 6.13. The smallest absolute Gasteiger partial charge is 0.278 e. The third-order valence-corrected chi connectivity index (χ3v) is 6.32. The molecule has 4 aromatic rings. The molecule has 0 amide bonds. The van der Waals surface area contributed by atoms with Crippen molar-refractivity contribution in [2.75, 3.05) is 0 Å². The Balaban J connectivity index is 2.03. The molecular weight excluding hydrogens is 394 g/mol. The zero-order valence-electron chi connectivity index (χ0n) is 15.1. The highest BCUT2D eigenvalue weighted by Crippen LogP contribution is 2.25. The van der Waals surface area contributed by atoms with Gasteiger partial charge in [-0.2, -0.15) is 0 Å². The second-order valence-corrected chi connectivity index (χ2v) is 8.59. The number of H-pyrrole nitrogens is 1. The molecule has 0 saturated carbocycles. The van der Waals surface area contributed by atoms with E-state index >= 15 is 0 Å². The molecule has 0 atom stereocenters. The highest BCUT2D eigenvalue weighted by atomic mass is 32.1. The molecule has 0 aliphatic carbocycles. The molecule has 0 unspecified atom stereocenters. The topological polar surface area (TPSA) is 42.7 Å². The lowest BCUT2D eigenvalue weighted by Crippen LogP contribution is -2.20. The molecule has 0 radical (unpaired) electrons. The van der Waals surface area contributed by atoms with Crippen molar-refractivity contribution in [2.45, 2.75) is 20.8 Å². The van der Waals surface area contributed by atoms with Gasteiger partial charge in [-0.05, 0) is 80.6 Å². The summed E-state index contributed by atoms with van der Waals surface area (Å²) >= 11 is 12.4. The van der Waals surface area contributed by atoms with Gasteiger partial charge in [-0.3, -0.25) is 13.9 Å². The van der Waals surface area contributed by atoms with Gasteiger partial charge in [-0.1, -0.05) is 35.1 Å². The Morgan fingerprint density at radius 3 is 2.22 bits per heavy atom. The third-order valence-electron chi connectivity index (χ3n) is 4.68. The molecule has 2 aromatic heterocycles. The minimum absolute atomic E-state index is 0.156. The summed E-state index contributed by atoms with van der Waals surface area (Å²) in [4.78, 5) is 16.4. The van der Waals surface area contributed by atoms with Crippen molar-refractivity contribution in [3.8, 4) is 11.4 Å². The van der Waals surface area contributed by atoms with Crippen LogP contribution in [0.25, 0.3) is 21.7 Å². The Morgan fingerprint density at radius 1 is 0.889 bits per heavy atom. The fourth-order valence-corrected chi connectivity index (χ4v) is 4.62. The van der Waals surface area contributed by atoms with Crippen LogP contribution in [0.15, 0.2) is 47.3 Å². The molecule has 27 heavy (non-hydrogen) atoms. The zero-order valence-corrected chi connectivity index (χ0v) is 17.5. The van der Waals surface area contributed by atoms with Crippen LogP contribution in [0.5, 0.6) is 0 Å². The summed E-state index contributed by atoms with van der Waals surface area (Å²) < 4.78 is 4.93. The summed E-state index contributed by atoms with van der Waals surface area (Å²) in [5.41, 5.74) is 5.65. The van der Waals surface area contributed by atoms with Gasteiger partial charge in [-0.25, -0.2) is 0 Å². The lowest BCUT2D eigenvalue weighted by molar-refractivity contribution is 0.926. The van der Waals surface area contributed by atoms with Gasteiger partial charge >= 0.3 is 0 Å². The third kappa shape index (κ3) is 3.01. The highest BCUT2D eigenvalue weighted by molar-refractivity contribution is 7.73. The standard InChI is InChI=1S/C20H17N3OS3/c1-11-4-7-14(8-5-11)23-18(24)16-17(21-19(23)25)22(20(26)27-16)15-9-6-12(2)13(3)10-15/h4-10H,1-3H3,(H,21,25). The second-order valence-electron chi connectivity index (χ2n) is 6.56. The van der Waals surface area contributed by atoms with Gasteiger partial charge < -0.3 is 4.98 Å². The van der Waals surface area contributed by atoms with Gasteiger partial charge in [-0.15, -0.1) is 0 Å². The van der Waals surface area contributed by atoms with Gasteiger partial charge in [0.25, 0.3) is 5.56 Å². The zero-order chi connectivity index (χ0) is 19.3. The molecule has 0 fully saturated rings. The second kappa shape index (κ2) is 6.67. The van der Waals surface area contributed by atoms with Crippen LogP contribution in [-0.2, 0) is 0 Å². The predicted octanol–water partition coefficient (Wildman–Crippen LogP) is 5.56. The number of rotatable bonds is 2. The lowest BCUT2D eigenvalue weighted by Gasteiger charge is -2.10. The fraction of sp³-hybridized carbons (Fsp3) is 0.150. The van der Waals surface area contributed by atoms with Crippen LogP contribution in [-0.4, -0.2) is 14.1 Å². The van der Waals surface area contributed by atoms with Gasteiger partial charge in [0.1, 0.15) is 10.3 Å². The minimum Gasteiger partial charge on any atom is -0.316 e. The number of hydrogen-bond donors (Lipinski definition) is 1. The summed E-state index contributed by atoms with van der Waals surface area (Å²) in [5, 5.41) is 0. The number of thiazole rings is 1. The van der Waals surface area contributed by atoms with Gasteiger partial charge in [0.2, 0.25) is 0 Å². The number of aryl methyl sites for hydroxylation is 3. The average molecular weight is 412 g/mol. The van der Waals surface area contributed by atoms with Crippen LogP contribution >= 0.6 is 35.8 Å². The van der Waals surface area contributed by atoms with Crippen molar-refractivity contribution < 1.29 is 0 Å². The van der Waals surface area contributed by atoms with Crippen LogP contribution in [0.3, 0.4) is 0 Å². The van der Waals surface area contributed by atoms with E-state index in [1.807, 2.05) is 41.8 Å². The van der Waals surface area contributed by atoms with Crippen LogP contribution in [0.4, 0.5) is 0 Å². The van der Waals surface area contributed by atoms with Crippen molar-refractivity contribution in [3.05, 3.63) is 78.2 Å². The summed E-state index contributed by atoms with van der Waals surface area (Å²) in [6.07, 6.45) is 0. The Hall–Kier alpha value is -2.35. The first-order valence-corrected chi connectivity index (χ1v) is 10.1. The maximum atomic E-state index is 13.2. The van der Waals surface area contributed by atoms with E-state index < -0.39 is 0 Å². The number of nitrogens with zero attached hydrogens (tertiary/aromatic N) is 2. The monoisotopic (exact) mass is 411 g/mol. The Kier molecular flexibility index (Phi) is 4.46. The van der Waals surface area contributed by atoms with E-state index in [0.717, 1.165) is 16.9 Å². The SMILES string of the molecule is Cc1ccc(-n2c(=S)[nH]c3c(sc(=S)n3-c3ccc(C)c(C)c3)c2=O)cc1. The Bertz CT molecular complexity index is 1350. The number of nitrogens with one attached hydrogen (secondary N) is 1. The minimum atomic E-state index is -0.156. The molecule has 4 rings (SSSR count). The van der Waals surface area contributed by atoms with E-state index in [-0.39, 0.29) is 5.56 Å². The van der Waals surface area contributed by atoms with E-state index in [9.17, 15) is 4.79 Å². The molecule has 0 bridgehead atoms. The van der Waals surface area contributed by atoms with Crippen molar-refractivity contribution in [2.24, 2.45) is 0 Å². The molecule has 7 heteroatoms. The number of benzene rings is 2. The van der Waals surface area contributed by atoms with E-state index in [1.165, 1.54) is 27.0 Å². The first kappa shape index (κ1) is 18.0. The summed E-state index contributed by atoms with van der Waals surface area (Å²) in [5.74, 6) is 0. The number of aromatic amines is 1. The quantitative estimate of drug-likeness (QED) is 0.440. The van der Waals surface area contributed by atoms with E-state index in [0.29, 0.717) is 19.1 Å². The van der Waals surface area contributed by atoms with Crippen molar-refractivity contribution in [3.63, 3.8) is 0 Å². The maximum absolute atomic E-state index is 13.2. The molecule has 0 saturated heterocycles. The van der Waals surface area contributed by atoms with Crippen LogP contribution in [0, 0.1) is 29.5 Å². The molecule has 0 aliphatic heterocycles. The van der Waals surface area contributed by atoms with Crippen LogP contribution < -0.4 is 5.56 Å². The first-order chi connectivity index (χ1) is 12.9. The normalized spacial score (nSPS) is 11.2. The molecule has 0 aliphatic rings. The van der Waals surface area contributed by atoms with E-state index in [4.69, 9.17) is 24.4 Å². The molecule has 2 aromatic carbocycles. The molecule has 4 nitrogen and oxygen atoms in total. The predicted molar refractivity (Wildman–Crippen MR) is 117 cm³/mol. The first-order valence-electron chi connectivity index (χ1n) is 8.42. The van der Waals surface area contributed by atoms with Crippen molar-refractivity contribution >= 4 is 46.1 Å². The molecule has 2 heterocycles.